The van der Waals surface area contributed by atoms with Gasteiger partial charge in [-0.25, -0.2) is 14.4 Å². The van der Waals surface area contributed by atoms with Crippen LogP contribution in [-0.2, 0) is 57.1 Å². The molecule has 0 rings (SSSR count). The molecule has 0 aliphatic rings. The number of rotatable bonds is 24. The van der Waals surface area contributed by atoms with E-state index < -0.39 is 17.9 Å². The van der Waals surface area contributed by atoms with Gasteiger partial charge in [-0.2, -0.15) is 0 Å². The van der Waals surface area contributed by atoms with Gasteiger partial charge in [0.15, 0.2) is 5.78 Å². The number of carboxylic acids is 2. The lowest BCUT2D eigenvalue weighted by atomic mass is 10.5. The number of ketones is 1. The van der Waals surface area contributed by atoms with Crippen molar-refractivity contribution in [2.24, 2.45) is 0 Å². The molecule has 0 aliphatic heterocycles. The van der Waals surface area contributed by atoms with Crippen LogP contribution in [0.2, 0.25) is 0 Å². The van der Waals surface area contributed by atoms with E-state index in [1.165, 1.54) is 14.0 Å². The zero-order chi connectivity index (χ0) is 29.3. The summed E-state index contributed by atoms with van der Waals surface area (Å²) in [6, 6.07) is 0. The van der Waals surface area contributed by atoms with Gasteiger partial charge in [0.25, 0.3) is 0 Å². The Balaban J connectivity index is -0.000000175. The number of hydrogen-bond donors (Lipinski definition) is 4. The summed E-state index contributed by atoms with van der Waals surface area (Å²) in [5.74, 6) is -2.50. The molecule has 40 heavy (non-hydrogen) atoms. The monoisotopic (exact) mass is 594 g/mol. The largest absolute Gasteiger partial charge is 0.480 e. The molecule has 0 bridgehead atoms. The summed E-state index contributed by atoms with van der Waals surface area (Å²) in [7, 11) is 1.53. The van der Waals surface area contributed by atoms with Gasteiger partial charge >= 0.3 is 17.9 Å². The van der Waals surface area contributed by atoms with Crippen molar-refractivity contribution in [3.05, 3.63) is 0 Å². The van der Waals surface area contributed by atoms with E-state index in [2.05, 4.69) is 9.47 Å². The number of aliphatic carboxylic acids is 2. The fourth-order valence-electron chi connectivity index (χ4n) is 1.65. The normalized spacial score (nSPS) is 9.50. The highest BCUT2D eigenvalue weighted by Crippen LogP contribution is 1.85. The van der Waals surface area contributed by atoms with Gasteiger partial charge in [0.2, 0.25) is 0 Å². The molecule has 0 aromatic heterocycles. The molecule has 242 valence electrons. The van der Waals surface area contributed by atoms with Crippen molar-refractivity contribution in [3.63, 3.8) is 0 Å². The predicted octanol–water partition coefficient (Wildman–Crippen LogP) is -0.737. The zero-order valence-electron chi connectivity index (χ0n) is 22.0. The van der Waals surface area contributed by atoms with Crippen molar-refractivity contribution in [1.82, 2.24) is 0 Å². The van der Waals surface area contributed by atoms with Crippen LogP contribution < -0.4 is 0 Å². The van der Waals surface area contributed by atoms with Crippen molar-refractivity contribution in [1.29, 1.82) is 0 Å². The van der Waals surface area contributed by atoms with E-state index in [1.54, 1.807) is 0 Å². The first-order valence-electron chi connectivity index (χ1n) is 11.5. The maximum Gasteiger partial charge on any atom is 0.332 e. The van der Waals surface area contributed by atoms with Crippen molar-refractivity contribution in [2.75, 3.05) is 113 Å². The van der Waals surface area contributed by atoms with Gasteiger partial charge in [0, 0.05) is 7.11 Å². The SMILES string of the molecule is C.C.COCCOC(=O)COCCOCCOCC(C)=O.O=C(O)COCCOCCOCC(=O)O.OCCO. The molecule has 0 atom stereocenters. The highest BCUT2D eigenvalue weighted by Gasteiger charge is 2.02. The third-order valence-corrected chi connectivity index (χ3v) is 3.11. The summed E-state index contributed by atoms with van der Waals surface area (Å²) >= 11 is 0. The number of aliphatic hydroxyl groups excluding tert-OH is 2. The maximum absolute atomic E-state index is 11.1. The second-order valence-corrected chi connectivity index (χ2v) is 6.59. The van der Waals surface area contributed by atoms with Crippen LogP contribution in [0.1, 0.15) is 21.8 Å². The smallest absolute Gasteiger partial charge is 0.332 e. The first kappa shape index (κ1) is 47.5. The van der Waals surface area contributed by atoms with Crippen LogP contribution in [-0.4, -0.2) is 157 Å². The summed E-state index contributed by atoms with van der Waals surface area (Å²) < 4.78 is 39.0. The Morgan fingerprint density at radius 3 is 1.20 bits per heavy atom. The summed E-state index contributed by atoms with van der Waals surface area (Å²) in [6.45, 7) is 3.38. The number of carbonyl (C=O) groups excluding carboxylic acids is 2. The van der Waals surface area contributed by atoms with Crippen LogP contribution in [0.5, 0.6) is 0 Å². The Hall–Kier alpha value is -2.28. The Kier molecular flexibility index (Phi) is 48.9. The number of aliphatic hydroxyl groups is 2. The van der Waals surface area contributed by atoms with Gasteiger partial charge in [0.05, 0.1) is 72.7 Å². The van der Waals surface area contributed by atoms with Gasteiger partial charge in [-0.05, 0) is 6.92 Å². The van der Waals surface area contributed by atoms with E-state index in [-0.39, 0.29) is 93.3 Å². The standard InChI is InChI=1S/C12H22O7.C8H14O7.C2H6O2.2CH4/c1-11(13)9-17-6-4-16-5-7-18-10-12(14)19-8-3-15-2;9-7(10)5-14-3-1-13-2-4-15-6-8(11)12;3-1-2-4;;/h3-10H2,1-2H3;1-6H2,(H,9,10)(H,11,12);3-4H,1-2H2;2*1H4. The van der Waals surface area contributed by atoms with E-state index in [9.17, 15) is 19.2 Å². The van der Waals surface area contributed by atoms with Crippen molar-refractivity contribution in [2.45, 2.75) is 21.8 Å². The Morgan fingerprint density at radius 1 is 0.525 bits per heavy atom. The molecule has 0 aromatic rings. The van der Waals surface area contributed by atoms with Crippen molar-refractivity contribution >= 4 is 23.7 Å². The maximum atomic E-state index is 11.1. The number of Topliss-reactive ketones (excluding diaryl/α,β-unsaturated/α-hetero) is 1. The van der Waals surface area contributed by atoms with Gasteiger partial charge in [-0.3, -0.25) is 4.79 Å². The molecule has 0 radical (unpaired) electrons. The molecule has 0 aliphatic carbocycles. The third kappa shape index (κ3) is 56.0. The molecule has 0 unspecified atom stereocenters. The molecule has 0 saturated heterocycles. The van der Waals surface area contributed by atoms with Crippen LogP contribution in [0.3, 0.4) is 0 Å². The zero-order valence-corrected chi connectivity index (χ0v) is 22.0. The minimum Gasteiger partial charge on any atom is -0.480 e. The number of esters is 1. The van der Waals surface area contributed by atoms with E-state index in [0.717, 1.165) is 0 Å². The second kappa shape index (κ2) is 41.2. The molecule has 0 spiro atoms. The van der Waals surface area contributed by atoms with Gasteiger partial charge < -0.3 is 58.3 Å². The third-order valence-electron chi connectivity index (χ3n) is 3.11. The molecule has 16 nitrogen and oxygen atoms in total. The lowest BCUT2D eigenvalue weighted by molar-refractivity contribution is -0.150. The first-order chi connectivity index (χ1) is 18.2. The molecule has 4 N–H and O–H groups in total. The Morgan fingerprint density at radius 2 is 0.875 bits per heavy atom. The molecule has 0 aromatic carbocycles. The van der Waals surface area contributed by atoms with Crippen LogP contribution in [0.4, 0.5) is 0 Å². The highest BCUT2D eigenvalue weighted by molar-refractivity contribution is 5.76. The van der Waals surface area contributed by atoms with Crippen LogP contribution in [0.15, 0.2) is 0 Å². The summed E-state index contributed by atoms with van der Waals surface area (Å²) in [4.78, 5) is 41.6. The highest BCUT2D eigenvalue weighted by atomic mass is 16.6. The Labute approximate surface area is 236 Å². The summed E-state index contributed by atoms with van der Waals surface area (Å²) in [5.41, 5.74) is 0. The topological polar surface area (TPSA) is 223 Å². The van der Waals surface area contributed by atoms with E-state index >= 15 is 0 Å². The quantitative estimate of drug-likeness (QED) is 0.0798. The van der Waals surface area contributed by atoms with Gasteiger partial charge in [0.1, 0.15) is 33.0 Å². The van der Waals surface area contributed by atoms with Crippen LogP contribution in [0.25, 0.3) is 0 Å². The van der Waals surface area contributed by atoms with E-state index in [4.69, 9.17) is 48.8 Å². The molecule has 0 saturated carbocycles. The van der Waals surface area contributed by atoms with E-state index in [0.29, 0.717) is 33.0 Å². The lowest BCUT2D eigenvalue weighted by Crippen LogP contribution is -2.17. The fraction of sp³-hybridized carbons (Fsp3) is 0.833. The van der Waals surface area contributed by atoms with Crippen molar-refractivity contribution in [3.8, 4) is 0 Å². The molecular weight excluding hydrogens is 544 g/mol. The average molecular weight is 595 g/mol. The number of methoxy groups -OCH3 is 1. The van der Waals surface area contributed by atoms with Crippen LogP contribution >= 0.6 is 0 Å². The fourth-order valence-corrected chi connectivity index (χ4v) is 1.65. The average Bonchev–Trinajstić information content (AvgIpc) is 2.87. The van der Waals surface area contributed by atoms with Gasteiger partial charge in [-0.15, -0.1) is 0 Å². The molecular formula is C24H50O16. The first-order valence-corrected chi connectivity index (χ1v) is 11.5. The number of ether oxygens (including phenoxy) is 8. The molecule has 16 heteroatoms. The predicted molar refractivity (Wildman–Crippen MR) is 141 cm³/mol. The minimum absolute atomic E-state index is 0. The van der Waals surface area contributed by atoms with E-state index in [1.807, 2.05) is 0 Å². The van der Waals surface area contributed by atoms with Crippen LogP contribution in [0, 0.1) is 0 Å². The molecule has 0 heterocycles. The van der Waals surface area contributed by atoms with Crippen molar-refractivity contribution < 1.29 is 77.5 Å². The second-order valence-electron chi connectivity index (χ2n) is 6.59. The number of carbonyl (C=O) groups is 4. The van der Waals surface area contributed by atoms with Gasteiger partial charge in [-0.1, -0.05) is 14.9 Å². The minimum atomic E-state index is -1.03. The summed E-state index contributed by atoms with van der Waals surface area (Å²) in [6.07, 6.45) is 0. The number of carboxylic acid groups (broad SMARTS) is 2. The Bertz CT molecular complexity index is 537. The lowest BCUT2D eigenvalue weighted by Gasteiger charge is -2.06. The molecule has 0 amide bonds. The number of hydrogen-bond acceptors (Lipinski definition) is 14. The molecule has 0 fully saturated rings. The summed E-state index contributed by atoms with van der Waals surface area (Å²) in [5, 5.41) is 31.6.